The normalized spacial score (nSPS) is 14.4. The summed E-state index contributed by atoms with van der Waals surface area (Å²) in [7, 11) is 1.43. The van der Waals surface area contributed by atoms with Crippen LogP contribution in [0.1, 0.15) is 45.6 Å². The van der Waals surface area contributed by atoms with Gasteiger partial charge in [0.05, 0.1) is 5.54 Å². The molecule has 200 valence electrons. The highest BCUT2D eigenvalue weighted by Crippen LogP contribution is 2.34. The van der Waals surface area contributed by atoms with E-state index in [-0.39, 0.29) is 6.03 Å². The number of allylic oxidation sites excluding steroid dienone is 2. The van der Waals surface area contributed by atoms with Crippen molar-refractivity contribution in [3.05, 3.63) is 90.3 Å². The summed E-state index contributed by atoms with van der Waals surface area (Å²) in [5, 5.41) is 13.7. The third kappa shape index (κ3) is 10.8. The Labute approximate surface area is 221 Å². The minimum atomic E-state index is -0.392. The first-order chi connectivity index (χ1) is 17.9. The van der Waals surface area contributed by atoms with E-state index in [4.69, 9.17) is 5.21 Å². The molecule has 0 atom stereocenters. The van der Waals surface area contributed by atoms with E-state index < -0.39 is 5.54 Å². The highest BCUT2D eigenvalue weighted by molar-refractivity contribution is 6.01. The van der Waals surface area contributed by atoms with Crippen molar-refractivity contribution >= 4 is 24.2 Å². The maximum absolute atomic E-state index is 12.7. The number of hydroxylamine groups is 1. The van der Waals surface area contributed by atoms with Crippen molar-refractivity contribution in [1.82, 2.24) is 15.7 Å². The molecule has 1 fully saturated rings. The molecule has 0 bridgehead atoms. The zero-order valence-corrected chi connectivity index (χ0v) is 22.4. The fraction of sp³-hybridized carbons (Fsp3) is 0.345. The molecule has 3 rings (SSSR count). The fourth-order valence-corrected chi connectivity index (χ4v) is 3.69. The molecule has 37 heavy (non-hydrogen) atoms. The Kier molecular flexibility index (Phi) is 14.9. The number of rotatable bonds is 7. The molecule has 0 aromatic heterocycles. The first kappa shape index (κ1) is 31.3. The lowest BCUT2D eigenvalue weighted by Crippen LogP contribution is -2.52. The Balaban J connectivity index is 0.00000104. The predicted molar refractivity (Wildman–Crippen MR) is 152 cm³/mol. The van der Waals surface area contributed by atoms with E-state index in [1.807, 2.05) is 53.4 Å². The van der Waals surface area contributed by atoms with Crippen molar-refractivity contribution in [2.24, 2.45) is 4.99 Å². The first-order valence-electron chi connectivity index (χ1n) is 12.5. The number of amides is 2. The van der Waals surface area contributed by atoms with Gasteiger partial charge in [-0.3, -0.25) is 4.79 Å². The molecule has 4 N–H and O–H groups in total. The van der Waals surface area contributed by atoms with Gasteiger partial charge in [-0.25, -0.2) is 15.3 Å². The Morgan fingerprint density at radius 1 is 1.08 bits per heavy atom. The van der Waals surface area contributed by atoms with Crippen molar-refractivity contribution in [1.29, 1.82) is 0 Å². The van der Waals surface area contributed by atoms with Crippen LogP contribution >= 0.6 is 0 Å². The van der Waals surface area contributed by atoms with Gasteiger partial charge in [0.2, 0.25) is 0 Å². The lowest BCUT2D eigenvalue weighted by molar-refractivity contribution is -0.104. The summed E-state index contributed by atoms with van der Waals surface area (Å²) in [4.78, 5) is 29.8. The minimum absolute atomic E-state index is 0.103. The summed E-state index contributed by atoms with van der Waals surface area (Å²) in [6.07, 6.45) is 6.62. The summed E-state index contributed by atoms with van der Waals surface area (Å²) in [6, 6.07) is 19.5. The van der Waals surface area contributed by atoms with Gasteiger partial charge in [0, 0.05) is 37.6 Å². The van der Waals surface area contributed by atoms with Gasteiger partial charge in [-0.15, -0.1) is 0 Å². The van der Waals surface area contributed by atoms with Gasteiger partial charge in [-0.2, -0.15) is 0 Å². The molecule has 1 aliphatic rings. The number of urea groups is 1. The van der Waals surface area contributed by atoms with Gasteiger partial charge in [0.15, 0.2) is 6.29 Å². The number of aliphatic imine (C=N–C) groups is 1. The van der Waals surface area contributed by atoms with Gasteiger partial charge in [-0.05, 0) is 37.5 Å². The molecule has 2 amide bonds. The first-order valence-corrected chi connectivity index (χ1v) is 12.5. The molecule has 2 aromatic carbocycles. The highest BCUT2D eigenvalue weighted by atomic mass is 16.5. The molecule has 2 aromatic rings. The van der Waals surface area contributed by atoms with Gasteiger partial charge in [-0.1, -0.05) is 81.5 Å². The number of anilines is 1. The Bertz CT molecular complexity index is 997. The van der Waals surface area contributed by atoms with E-state index in [0.29, 0.717) is 37.3 Å². The number of nitrogens with zero attached hydrogens (tertiary/aromatic N) is 2. The van der Waals surface area contributed by atoms with Crippen LogP contribution in [0.25, 0.3) is 0 Å². The van der Waals surface area contributed by atoms with Gasteiger partial charge in [0.1, 0.15) is 5.82 Å². The standard InChI is InChI=1S/C25H28N4O2.C3H8.CH5NO/c1-3-21(19-30)18-26-20(2)28-25(22-10-6-4-7-11-22)14-16-29(17-15-25)24(31)27-23-12-8-5-9-13-23;1-3-2;1-2-3/h3-13,18-19,28H,2,14-17H2,1H3,(H,27,31);3H2,1-2H3;2-3H,1H3/b21-3+,26-18-;;. The second-order valence-electron chi connectivity index (χ2n) is 8.40. The van der Waals surface area contributed by atoms with Crippen LogP contribution in [0.3, 0.4) is 0 Å². The SMILES string of the molecule is C=C(/N=C\C(C=O)=C/C)NC1(c2ccccc2)CCN(C(=O)Nc2ccccc2)CC1.CCC.CNO. The second kappa shape index (κ2) is 17.6. The maximum atomic E-state index is 12.7. The van der Waals surface area contributed by atoms with Crippen LogP contribution in [-0.2, 0) is 10.3 Å². The highest BCUT2D eigenvalue weighted by Gasteiger charge is 2.37. The quantitative estimate of drug-likeness (QED) is 0.171. The van der Waals surface area contributed by atoms with Gasteiger partial charge < -0.3 is 20.7 Å². The third-order valence-electron chi connectivity index (χ3n) is 5.48. The molecule has 1 aliphatic heterocycles. The van der Waals surface area contributed by atoms with Crippen LogP contribution in [-0.4, -0.2) is 48.8 Å². The summed E-state index contributed by atoms with van der Waals surface area (Å²) in [5.41, 5.74) is 3.75. The van der Waals surface area contributed by atoms with Crippen LogP contribution in [0, 0.1) is 0 Å². The van der Waals surface area contributed by atoms with Crippen molar-refractivity contribution in [2.45, 2.75) is 45.6 Å². The molecule has 0 spiro atoms. The van der Waals surface area contributed by atoms with Crippen LogP contribution in [0.4, 0.5) is 10.5 Å². The van der Waals surface area contributed by atoms with Crippen LogP contribution < -0.4 is 16.1 Å². The topological polar surface area (TPSA) is 106 Å². The van der Waals surface area contributed by atoms with E-state index in [0.717, 1.165) is 17.5 Å². The van der Waals surface area contributed by atoms with Gasteiger partial charge >= 0.3 is 6.03 Å². The van der Waals surface area contributed by atoms with Crippen LogP contribution in [0.15, 0.2) is 89.7 Å². The largest absolute Gasteiger partial charge is 0.361 e. The number of nitrogens with one attached hydrogen (secondary N) is 3. The molecule has 8 nitrogen and oxygen atoms in total. The average molecular weight is 508 g/mol. The van der Waals surface area contributed by atoms with Crippen molar-refractivity contribution in [2.75, 3.05) is 25.5 Å². The van der Waals surface area contributed by atoms with E-state index in [2.05, 4.69) is 48.2 Å². The second-order valence-corrected chi connectivity index (χ2v) is 8.40. The van der Waals surface area contributed by atoms with Crippen molar-refractivity contribution in [3.8, 4) is 0 Å². The minimum Gasteiger partial charge on any atom is -0.361 e. The fourth-order valence-electron chi connectivity index (χ4n) is 3.69. The number of piperidine rings is 1. The molecule has 8 heteroatoms. The summed E-state index contributed by atoms with van der Waals surface area (Å²) >= 11 is 0. The summed E-state index contributed by atoms with van der Waals surface area (Å²) in [6.45, 7) is 11.2. The summed E-state index contributed by atoms with van der Waals surface area (Å²) in [5.74, 6) is 0.479. The number of carbonyl (C=O) groups is 2. The molecular formula is C29H41N5O3. The zero-order chi connectivity index (χ0) is 27.5. The number of aldehydes is 1. The number of hydrogen-bond donors (Lipinski definition) is 4. The molecular weight excluding hydrogens is 466 g/mol. The lowest BCUT2D eigenvalue weighted by atomic mass is 9.81. The monoisotopic (exact) mass is 507 g/mol. The lowest BCUT2D eigenvalue weighted by Gasteiger charge is -2.43. The Morgan fingerprint density at radius 2 is 1.59 bits per heavy atom. The van der Waals surface area contributed by atoms with E-state index in [1.165, 1.54) is 19.7 Å². The Morgan fingerprint density at radius 3 is 2.08 bits per heavy atom. The molecule has 0 unspecified atom stereocenters. The number of hydrogen-bond acceptors (Lipinski definition) is 6. The van der Waals surface area contributed by atoms with Crippen LogP contribution in [0.5, 0.6) is 0 Å². The summed E-state index contributed by atoms with van der Waals surface area (Å²) < 4.78 is 0. The van der Waals surface area contributed by atoms with E-state index in [1.54, 1.807) is 18.5 Å². The van der Waals surface area contributed by atoms with Crippen LogP contribution in [0.2, 0.25) is 0 Å². The average Bonchev–Trinajstić information content (AvgIpc) is 2.91. The number of likely N-dealkylation sites (tertiary alicyclic amines) is 1. The molecule has 1 saturated heterocycles. The smallest absolute Gasteiger partial charge is 0.321 e. The predicted octanol–water partition coefficient (Wildman–Crippen LogP) is 5.50. The third-order valence-corrected chi connectivity index (χ3v) is 5.48. The molecule has 0 saturated carbocycles. The number of benzene rings is 2. The van der Waals surface area contributed by atoms with Crippen molar-refractivity contribution in [3.63, 3.8) is 0 Å². The number of para-hydroxylation sites is 1. The number of carbonyl (C=O) groups excluding carboxylic acids is 2. The molecule has 0 radical (unpaired) electrons. The molecule has 1 heterocycles. The van der Waals surface area contributed by atoms with Crippen molar-refractivity contribution < 1.29 is 14.8 Å². The Hall–Kier alpha value is -3.75. The zero-order valence-electron chi connectivity index (χ0n) is 22.4. The molecule has 0 aliphatic carbocycles. The maximum Gasteiger partial charge on any atom is 0.321 e. The van der Waals surface area contributed by atoms with E-state index in [9.17, 15) is 9.59 Å². The van der Waals surface area contributed by atoms with E-state index >= 15 is 0 Å². The van der Waals surface area contributed by atoms with Gasteiger partial charge in [0.25, 0.3) is 0 Å².